The highest BCUT2D eigenvalue weighted by Gasteiger charge is 2.30. The van der Waals surface area contributed by atoms with Crippen molar-refractivity contribution in [1.29, 1.82) is 0 Å². The fraction of sp³-hybridized carbons (Fsp3) is 0.318. The molecule has 1 N–H and O–H groups in total. The Kier molecular flexibility index (Phi) is 12.8. The third-order valence-corrected chi connectivity index (χ3v) is 12.1. The van der Waals surface area contributed by atoms with Crippen LogP contribution < -0.4 is 20.9 Å². The Morgan fingerprint density at radius 1 is 0.889 bits per heavy atom. The van der Waals surface area contributed by atoms with E-state index in [2.05, 4.69) is 25.3 Å². The van der Waals surface area contributed by atoms with E-state index in [-0.39, 0.29) is 29.2 Å². The summed E-state index contributed by atoms with van der Waals surface area (Å²) in [6.45, 7) is 1.29. The minimum Gasteiger partial charge on any atom is -0.461 e. The predicted octanol–water partition coefficient (Wildman–Crippen LogP) is 4.99. The Hall–Kier alpha value is -6.73. The summed E-state index contributed by atoms with van der Waals surface area (Å²) in [6.07, 6.45) is 12.4. The van der Waals surface area contributed by atoms with Crippen molar-refractivity contribution in [2.24, 2.45) is 7.05 Å². The zero-order valence-corrected chi connectivity index (χ0v) is 34.9. The molecule has 6 aromatic rings. The van der Waals surface area contributed by atoms with Crippen molar-refractivity contribution in [3.8, 4) is 16.9 Å². The monoisotopic (exact) mass is 880 g/mol. The van der Waals surface area contributed by atoms with Crippen LogP contribution in [0.15, 0.2) is 95.2 Å². The van der Waals surface area contributed by atoms with Gasteiger partial charge in [0.1, 0.15) is 35.4 Å². The zero-order valence-electron chi connectivity index (χ0n) is 34.0. The highest BCUT2D eigenvalue weighted by Crippen LogP contribution is 2.33. The van der Waals surface area contributed by atoms with Crippen LogP contribution in [-0.2, 0) is 38.6 Å². The number of aromatic nitrogens is 6. The van der Waals surface area contributed by atoms with Crippen molar-refractivity contribution in [2.75, 3.05) is 17.5 Å². The third kappa shape index (κ3) is 9.24. The largest absolute Gasteiger partial charge is 0.461 e. The number of amides is 1. The molecule has 0 bridgehead atoms. The number of halogens is 2. The number of ether oxygens (including phenoxy) is 2. The Labute approximate surface area is 360 Å². The molecule has 0 unspecified atom stereocenters. The molecule has 63 heavy (non-hydrogen) atoms. The Morgan fingerprint density at radius 3 is 2.30 bits per heavy atom. The first kappa shape index (κ1) is 42.9. The predicted molar refractivity (Wildman–Crippen MR) is 227 cm³/mol. The number of fused-ring (bicyclic) bond motifs is 1. The molecule has 326 valence electrons. The molecule has 1 saturated heterocycles. The van der Waals surface area contributed by atoms with E-state index in [1.54, 1.807) is 24.5 Å². The zero-order chi connectivity index (χ0) is 44.2. The van der Waals surface area contributed by atoms with E-state index in [0.29, 0.717) is 70.5 Å². The fourth-order valence-corrected chi connectivity index (χ4v) is 8.55. The second kappa shape index (κ2) is 18.7. The summed E-state index contributed by atoms with van der Waals surface area (Å²) in [4.78, 5) is 71.1. The maximum absolute atomic E-state index is 15.9. The topological polar surface area (TPSA) is 198 Å². The molecule has 1 aliphatic heterocycles. The van der Waals surface area contributed by atoms with E-state index in [0.717, 1.165) is 36.7 Å². The highest BCUT2D eigenvalue weighted by molar-refractivity contribution is 7.74. The van der Waals surface area contributed by atoms with E-state index in [1.807, 2.05) is 0 Å². The van der Waals surface area contributed by atoms with Crippen LogP contribution in [-0.4, -0.2) is 74.7 Å². The molecule has 5 heterocycles. The summed E-state index contributed by atoms with van der Waals surface area (Å²) >= 11 is 0. The van der Waals surface area contributed by atoms with Gasteiger partial charge in [-0.2, -0.15) is 0 Å². The van der Waals surface area contributed by atoms with Crippen LogP contribution in [0.2, 0.25) is 0 Å². The molecule has 19 heteroatoms. The number of rotatable bonds is 12. The van der Waals surface area contributed by atoms with Crippen molar-refractivity contribution >= 4 is 45.0 Å². The van der Waals surface area contributed by atoms with Crippen molar-refractivity contribution < 1.29 is 36.3 Å². The molecule has 1 amide bonds. The first-order valence-corrected chi connectivity index (χ1v) is 21.6. The molecule has 1 atom stereocenters. The van der Waals surface area contributed by atoms with Crippen LogP contribution in [0.1, 0.15) is 72.6 Å². The maximum atomic E-state index is 15.9. The Morgan fingerprint density at radius 2 is 1.62 bits per heavy atom. The van der Waals surface area contributed by atoms with Gasteiger partial charge in [-0.15, -0.1) is 0 Å². The number of hydrogen-bond donors (Lipinski definition) is 2. The molecule has 2 aromatic carbocycles. The third-order valence-electron chi connectivity index (χ3n) is 11.4. The minimum absolute atomic E-state index is 0.00127. The quantitative estimate of drug-likeness (QED) is 0.124. The standard InChI is InChI=1S/C44H42F2N8O8S/c1-52-38-25-47-16-13-32(38)42(56)53(44(52)58)39-12-7-26(22-48-39)19-36(43(57)62-31-5-3-2-4-6-31)51-41(55)33-20-35(46)37(21-34(33)45)54(63(59)60)30-10-8-27(9-11-30)29-23-49-40(50-24-29)28-14-17-61-18-15-28/h7-13,16,20-25,28,31,36,63H,2-6,14-15,17-19H2,1H3,(H,51,55)/t36-/m0/s1. The van der Waals surface area contributed by atoms with Gasteiger partial charge in [0.05, 0.1) is 34.0 Å². The van der Waals surface area contributed by atoms with Gasteiger partial charge in [0, 0.05) is 69.0 Å². The lowest BCUT2D eigenvalue weighted by molar-refractivity contribution is -0.152. The fourth-order valence-electron chi connectivity index (χ4n) is 7.90. The molecule has 0 spiro atoms. The normalized spacial score (nSPS) is 15.3. The van der Waals surface area contributed by atoms with Gasteiger partial charge < -0.3 is 14.8 Å². The summed E-state index contributed by atoms with van der Waals surface area (Å²) < 4.78 is 70.8. The van der Waals surface area contributed by atoms with Crippen molar-refractivity contribution in [3.63, 3.8) is 0 Å². The molecule has 1 saturated carbocycles. The number of aryl methyl sites for hydroxylation is 1. The first-order chi connectivity index (χ1) is 30.5. The summed E-state index contributed by atoms with van der Waals surface area (Å²) in [7, 11) is -2.06. The van der Waals surface area contributed by atoms with Crippen LogP contribution in [0.25, 0.3) is 27.8 Å². The number of nitrogens with one attached hydrogen (secondary N) is 1. The van der Waals surface area contributed by atoms with E-state index in [9.17, 15) is 27.6 Å². The molecule has 8 rings (SSSR count). The van der Waals surface area contributed by atoms with Crippen LogP contribution in [0, 0.1) is 11.6 Å². The Bertz CT molecular complexity index is 2850. The van der Waals surface area contributed by atoms with Gasteiger partial charge in [0.15, 0.2) is 0 Å². The molecular weight excluding hydrogens is 839 g/mol. The first-order valence-electron chi connectivity index (χ1n) is 20.4. The number of esters is 1. The number of anilines is 2. The van der Waals surface area contributed by atoms with Gasteiger partial charge >= 0.3 is 11.7 Å². The second-order valence-corrected chi connectivity index (χ2v) is 16.3. The van der Waals surface area contributed by atoms with Crippen LogP contribution in [0.5, 0.6) is 0 Å². The van der Waals surface area contributed by atoms with E-state index in [4.69, 9.17) is 9.47 Å². The summed E-state index contributed by atoms with van der Waals surface area (Å²) in [5, 5.41) is 2.71. The van der Waals surface area contributed by atoms with Crippen LogP contribution in [0.4, 0.5) is 20.2 Å². The number of carbonyl (C=O) groups excluding carboxylic acids is 2. The average molecular weight is 881 g/mol. The maximum Gasteiger partial charge on any atom is 0.337 e. The lowest BCUT2D eigenvalue weighted by Gasteiger charge is -2.25. The van der Waals surface area contributed by atoms with Crippen molar-refractivity contribution in [2.45, 2.75) is 69.4 Å². The minimum atomic E-state index is -3.55. The molecule has 1 aliphatic carbocycles. The van der Waals surface area contributed by atoms with Crippen molar-refractivity contribution in [1.82, 2.24) is 34.4 Å². The van der Waals surface area contributed by atoms with Crippen LogP contribution >= 0.6 is 0 Å². The van der Waals surface area contributed by atoms with Gasteiger partial charge in [0.2, 0.25) is 10.9 Å². The molecule has 16 nitrogen and oxygen atoms in total. The number of hydrogen-bond acceptors (Lipinski definition) is 12. The second-order valence-electron chi connectivity index (χ2n) is 15.4. The molecular formula is C44H42F2N8O8S. The Balaban J connectivity index is 1.02. The SMILES string of the molecule is Cn1c(=O)n(-c2ccc(C[C@H](NC(=O)c3cc(F)c(N(c4ccc(-c5cnc(C6CCOCC6)nc5)cc4)[SH](=O)=O)cc3F)C(=O)OC3CCCCC3)cn2)c(=O)c2ccncc21. The summed E-state index contributed by atoms with van der Waals surface area (Å²) in [5.41, 5.74) is -0.701. The van der Waals surface area contributed by atoms with Gasteiger partial charge in [-0.3, -0.25) is 19.1 Å². The number of thiol groups is 1. The van der Waals surface area contributed by atoms with E-state index < -0.39 is 69.0 Å². The number of benzene rings is 2. The number of carbonyl (C=O) groups is 2. The summed E-state index contributed by atoms with van der Waals surface area (Å²) in [6, 6.07) is 10.2. The molecule has 2 aliphatic rings. The van der Waals surface area contributed by atoms with Gasteiger partial charge in [-0.25, -0.2) is 50.6 Å². The van der Waals surface area contributed by atoms with Gasteiger partial charge in [-0.05, 0) is 80.0 Å². The molecule has 0 radical (unpaired) electrons. The van der Waals surface area contributed by atoms with E-state index >= 15 is 8.78 Å². The van der Waals surface area contributed by atoms with Gasteiger partial charge in [0.25, 0.3) is 11.5 Å². The van der Waals surface area contributed by atoms with E-state index in [1.165, 1.54) is 60.5 Å². The number of nitrogens with zero attached hydrogens (tertiary/aromatic N) is 7. The summed E-state index contributed by atoms with van der Waals surface area (Å²) in [5.74, 6) is -3.55. The number of pyridine rings is 2. The molecule has 2 fully saturated rings. The average Bonchev–Trinajstić information content (AvgIpc) is 3.30. The van der Waals surface area contributed by atoms with Gasteiger partial charge in [-0.1, -0.05) is 24.6 Å². The van der Waals surface area contributed by atoms with Crippen LogP contribution in [0.3, 0.4) is 0 Å². The van der Waals surface area contributed by atoms with Crippen molar-refractivity contribution in [3.05, 3.63) is 135 Å². The molecule has 4 aromatic heterocycles. The lowest BCUT2D eigenvalue weighted by Crippen LogP contribution is -2.45. The smallest absolute Gasteiger partial charge is 0.337 e. The lowest BCUT2D eigenvalue weighted by atomic mass is 9.97. The highest BCUT2D eigenvalue weighted by atomic mass is 32.2.